The number of rotatable bonds is 6. The van der Waals surface area contributed by atoms with Crippen LogP contribution in [0.5, 0.6) is 0 Å². The van der Waals surface area contributed by atoms with Gasteiger partial charge in [0.25, 0.3) is 0 Å². The Labute approximate surface area is 170 Å². The monoisotopic (exact) mass is 424 g/mol. The zero-order valence-corrected chi connectivity index (χ0v) is 16.4. The summed E-state index contributed by atoms with van der Waals surface area (Å²) in [6.07, 6.45) is -0.761. The van der Waals surface area contributed by atoms with Crippen LogP contribution in [-0.2, 0) is 9.53 Å². The Morgan fingerprint density at radius 3 is 2.44 bits per heavy atom. The molecule has 0 aliphatic carbocycles. The van der Waals surface area contributed by atoms with Gasteiger partial charge in [-0.2, -0.15) is 5.10 Å². The van der Waals surface area contributed by atoms with Crippen molar-refractivity contribution < 1.29 is 14.6 Å². The van der Waals surface area contributed by atoms with Gasteiger partial charge in [-0.1, -0.05) is 53.0 Å². The molecule has 0 spiro atoms. The van der Waals surface area contributed by atoms with Crippen LogP contribution in [0.2, 0.25) is 15.1 Å². The first-order valence-electron chi connectivity index (χ1n) is 7.96. The number of aromatic nitrogens is 2. The second-order valence-corrected chi connectivity index (χ2v) is 7.15. The van der Waals surface area contributed by atoms with Crippen LogP contribution in [-0.4, -0.2) is 27.9 Å². The quantitative estimate of drug-likeness (QED) is 0.544. The van der Waals surface area contributed by atoms with Gasteiger partial charge in [0.2, 0.25) is 0 Å². The number of H-pyrrole nitrogens is 1. The van der Waals surface area contributed by atoms with Crippen LogP contribution in [0.3, 0.4) is 0 Å². The molecule has 0 radical (unpaired) electrons. The SMILES string of the molecule is Cc1c(C(OCC(=O)O)c2ccc(Cl)cc2Cl)n[nH]c1-c1ccc(Cl)cc1. The number of carboxylic acids is 1. The van der Waals surface area contributed by atoms with E-state index in [9.17, 15) is 4.79 Å². The molecule has 1 aromatic heterocycles. The number of ether oxygens (including phenoxy) is 1. The molecular formula is C19H15Cl3N2O3. The molecule has 1 unspecified atom stereocenters. The Bertz CT molecular complexity index is 971. The standard InChI is InChI=1S/C19H15Cl3N2O3/c1-10-17(11-2-4-12(20)5-3-11)23-24-18(10)19(27-9-16(25)26)14-7-6-13(21)8-15(14)22/h2-8,19H,9H2,1H3,(H,23,24)(H,25,26). The number of nitrogens with zero attached hydrogens (tertiary/aromatic N) is 1. The van der Waals surface area contributed by atoms with Crippen molar-refractivity contribution in [1.82, 2.24) is 10.2 Å². The van der Waals surface area contributed by atoms with Crippen molar-refractivity contribution in [3.63, 3.8) is 0 Å². The lowest BCUT2D eigenvalue weighted by Gasteiger charge is -2.18. The molecule has 8 heteroatoms. The molecule has 3 rings (SSSR count). The first kappa shape index (κ1) is 19.7. The molecule has 0 saturated heterocycles. The summed E-state index contributed by atoms with van der Waals surface area (Å²) < 4.78 is 5.61. The third kappa shape index (κ3) is 4.45. The first-order valence-corrected chi connectivity index (χ1v) is 9.09. The van der Waals surface area contributed by atoms with E-state index in [-0.39, 0.29) is 0 Å². The van der Waals surface area contributed by atoms with Crippen molar-refractivity contribution >= 4 is 40.8 Å². The molecule has 5 nitrogen and oxygen atoms in total. The number of benzene rings is 2. The number of aliphatic carboxylic acids is 1. The minimum Gasteiger partial charge on any atom is -0.480 e. The number of carbonyl (C=O) groups is 1. The fraction of sp³-hybridized carbons (Fsp3) is 0.158. The Kier molecular flexibility index (Phi) is 6.07. The van der Waals surface area contributed by atoms with Gasteiger partial charge in [-0.05, 0) is 36.8 Å². The molecule has 0 amide bonds. The molecule has 2 N–H and O–H groups in total. The molecular weight excluding hydrogens is 411 g/mol. The van der Waals surface area contributed by atoms with Crippen LogP contribution in [0.1, 0.15) is 22.9 Å². The van der Waals surface area contributed by atoms with E-state index in [4.69, 9.17) is 44.6 Å². The normalized spacial score (nSPS) is 12.1. The van der Waals surface area contributed by atoms with Crippen LogP contribution in [0.25, 0.3) is 11.3 Å². The smallest absolute Gasteiger partial charge is 0.329 e. The predicted octanol–water partition coefficient (Wildman–Crippen LogP) is 5.54. The Morgan fingerprint density at radius 1 is 1.15 bits per heavy atom. The molecule has 0 bridgehead atoms. The van der Waals surface area contributed by atoms with E-state index in [0.29, 0.717) is 26.3 Å². The highest BCUT2D eigenvalue weighted by molar-refractivity contribution is 6.35. The zero-order valence-electron chi connectivity index (χ0n) is 14.2. The number of aromatic amines is 1. The molecule has 0 saturated carbocycles. The summed E-state index contributed by atoms with van der Waals surface area (Å²) in [7, 11) is 0. The maximum atomic E-state index is 11.0. The van der Waals surface area contributed by atoms with Crippen LogP contribution in [0.15, 0.2) is 42.5 Å². The molecule has 1 atom stereocenters. The van der Waals surface area contributed by atoms with Crippen molar-refractivity contribution in [3.8, 4) is 11.3 Å². The average molecular weight is 426 g/mol. The van der Waals surface area contributed by atoms with Gasteiger partial charge < -0.3 is 9.84 Å². The van der Waals surface area contributed by atoms with E-state index in [1.165, 1.54) is 0 Å². The van der Waals surface area contributed by atoms with Crippen molar-refractivity contribution in [2.24, 2.45) is 0 Å². The van der Waals surface area contributed by atoms with Gasteiger partial charge in [0.1, 0.15) is 12.7 Å². The van der Waals surface area contributed by atoms with Crippen LogP contribution < -0.4 is 0 Å². The van der Waals surface area contributed by atoms with Gasteiger partial charge in [0.05, 0.1) is 11.4 Å². The fourth-order valence-corrected chi connectivity index (χ4v) is 3.38. The van der Waals surface area contributed by atoms with Crippen molar-refractivity contribution in [1.29, 1.82) is 0 Å². The summed E-state index contributed by atoms with van der Waals surface area (Å²) in [4.78, 5) is 11.0. The second-order valence-electron chi connectivity index (χ2n) is 5.87. The summed E-state index contributed by atoms with van der Waals surface area (Å²) in [5.74, 6) is -1.09. The maximum Gasteiger partial charge on any atom is 0.329 e. The lowest BCUT2D eigenvalue weighted by molar-refractivity contribution is -0.143. The van der Waals surface area contributed by atoms with Crippen LogP contribution in [0.4, 0.5) is 0 Å². The molecule has 0 aliphatic heterocycles. The van der Waals surface area contributed by atoms with Gasteiger partial charge in [0, 0.05) is 26.2 Å². The van der Waals surface area contributed by atoms with Crippen LogP contribution >= 0.6 is 34.8 Å². The van der Waals surface area contributed by atoms with Gasteiger partial charge >= 0.3 is 5.97 Å². The van der Waals surface area contributed by atoms with E-state index in [0.717, 1.165) is 16.8 Å². The summed E-state index contributed by atoms with van der Waals surface area (Å²) in [5, 5.41) is 17.9. The molecule has 27 heavy (non-hydrogen) atoms. The van der Waals surface area contributed by atoms with Gasteiger partial charge in [-0.3, -0.25) is 5.10 Å². The molecule has 2 aromatic carbocycles. The lowest BCUT2D eigenvalue weighted by Crippen LogP contribution is -2.15. The van der Waals surface area contributed by atoms with Gasteiger partial charge in [-0.15, -0.1) is 0 Å². The maximum absolute atomic E-state index is 11.0. The largest absolute Gasteiger partial charge is 0.480 e. The Hall–Kier alpha value is -2.05. The minimum absolute atomic E-state index is 0.369. The van der Waals surface area contributed by atoms with E-state index in [1.807, 2.05) is 19.1 Å². The highest BCUT2D eigenvalue weighted by Gasteiger charge is 2.25. The lowest BCUT2D eigenvalue weighted by atomic mass is 10.0. The number of nitrogens with one attached hydrogen (secondary N) is 1. The molecule has 0 aliphatic rings. The van der Waals surface area contributed by atoms with Crippen molar-refractivity contribution in [2.45, 2.75) is 13.0 Å². The summed E-state index contributed by atoms with van der Waals surface area (Å²) in [6, 6.07) is 12.3. The van der Waals surface area contributed by atoms with Crippen molar-refractivity contribution in [3.05, 3.63) is 74.4 Å². The van der Waals surface area contributed by atoms with Gasteiger partial charge in [-0.25, -0.2) is 4.79 Å². The predicted molar refractivity (Wildman–Crippen MR) is 106 cm³/mol. The summed E-state index contributed by atoms with van der Waals surface area (Å²) in [5.41, 5.74) is 3.63. The highest BCUT2D eigenvalue weighted by atomic mass is 35.5. The number of hydrogen-bond acceptors (Lipinski definition) is 3. The average Bonchev–Trinajstić information content (AvgIpc) is 2.99. The Balaban J connectivity index is 2.04. The molecule has 3 aromatic rings. The van der Waals surface area contributed by atoms with E-state index in [1.54, 1.807) is 30.3 Å². The first-order chi connectivity index (χ1) is 12.9. The third-order valence-corrected chi connectivity index (χ3v) is 4.86. The zero-order chi connectivity index (χ0) is 19.6. The topological polar surface area (TPSA) is 75.2 Å². The summed E-state index contributed by atoms with van der Waals surface area (Å²) >= 11 is 18.2. The third-order valence-electron chi connectivity index (χ3n) is 4.05. The van der Waals surface area contributed by atoms with Crippen LogP contribution in [0, 0.1) is 6.92 Å². The minimum atomic E-state index is -1.09. The van der Waals surface area contributed by atoms with E-state index >= 15 is 0 Å². The Morgan fingerprint density at radius 2 is 1.81 bits per heavy atom. The fourth-order valence-electron chi connectivity index (χ4n) is 2.75. The number of hydrogen-bond donors (Lipinski definition) is 2. The molecule has 1 heterocycles. The second kappa shape index (κ2) is 8.31. The van der Waals surface area contributed by atoms with Gasteiger partial charge in [0.15, 0.2) is 0 Å². The molecule has 0 fully saturated rings. The highest BCUT2D eigenvalue weighted by Crippen LogP contribution is 2.36. The molecule has 140 valence electrons. The summed E-state index contributed by atoms with van der Waals surface area (Å²) in [6.45, 7) is 1.38. The van der Waals surface area contributed by atoms with E-state index in [2.05, 4.69) is 10.2 Å². The number of halogens is 3. The van der Waals surface area contributed by atoms with E-state index < -0.39 is 18.7 Å². The van der Waals surface area contributed by atoms with Crippen molar-refractivity contribution in [2.75, 3.05) is 6.61 Å². The number of carboxylic acid groups (broad SMARTS) is 1.